The summed E-state index contributed by atoms with van der Waals surface area (Å²) < 4.78 is 0. The fourth-order valence-electron chi connectivity index (χ4n) is 1.60. The maximum Gasteiger partial charge on any atom is 0.0740 e. The van der Waals surface area contributed by atoms with Gasteiger partial charge < -0.3 is 0 Å². The van der Waals surface area contributed by atoms with Gasteiger partial charge in [0.05, 0.1) is 10.8 Å². The lowest BCUT2D eigenvalue weighted by Crippen LogP contribution is -1.87. The van der Waals surface area contributed by atoms with E-state index >= 15 is 0 Å². The zero-order valence-electron chi connectivity index (χ0n) is 9.87. The smallest absolute Gasteiger partial charge is 0.0740 e. The number of nitrogens with zero attached hydrogens (tertiary/aromatic N) is 1. The highest BCUT2D eigenvalue weighted by Gasteiger charge is 1.96. The van der Waals surface area contributed by atoms with E-state index in [2.05, 4.69) is 58.8 Å². The van der Waals surface area contributed by atoms with Crippen molar-refractivity contribution < 1.29 is 0 Å². The number of thioether (sulfide) groups is 1. The number of thiocarbonyl (C=S) groups is 1. The zero-order valence-corrected chi connectivity index (χ0v) is 11.5. The van der Waals surface area contributed by atoms with Crippen molar-refractivity contribution in [2.24, 2.45) is 4.99 Å². The first-order chi connectivity index (χ1) is 8.88. The van der Waals surface area contributed by atoms with Crippen LogP contribution >= 0.6 is 24.0 Å². The quantitative estimate of drug-likeness (QED) is 0.442. The Bertz CT molecular complexity index is 528. The van der Waals surface area contributed by atoms with Crippen molar-refractivity contribution in [3.05, 3.63) is 60.2 Å². The molecule has 0 aliphatic carbocycles. The number of aryl methyl sites for hydroxylation is 1. The van der Waals surface area contributed by atoms with Crippen LogP contribution in [0.15, 0.2) is 64.5 Å². The molecule has 0 saturated heterocycles. The number of isothiocyanates is 1. The maximum absolute atomic E-state index is 4.57. The Morgan fingerprint density at radius 3 is 2.39 bits per heavy atom. The van der Waals surface area contributed by atoms with E-state index in [0.717, 1.165) is 17.9 Å². The molecule has 0 heterocycles. The summed E-state index contributed by atoms with van der Waals surface area (Å²) in [6.45, 7) is 0. The van der Waals surface area contributed by atoms with Gasteiger partial charge in [-0.3, -0.25) is 0 Å². The van der Waals surface area contributed by atoms with Crippen molar-refractivity contribution in [2.75, 3.05) is 5.75 Å². The van der Waals surface area contributed by atoms with Gasteiger partial charge in [-0.1, -0.05) is 30.3 Å². The van der Waals surface area contributed by atoms with Crippen molar-refractivity contribution in [2.45, 2.75) is 11.3 Å². The minimum Gasteiger partial charge on any atom is -0.195 e. The fourth-order valence-corrected chi connectivity index (χ4v) is 2.61. The van der Waals surface area contributed by atoms with Gasteiger partial charge in [-0.15, -0.1) is 11.8 Å². The van der Waals surface area contributed by atoms with E-state index in [4.69, 9.17) is 0 Å². The average molecular weight is 271 g/mol. The Morgan fingerprint density at radius 2 is 1.72 bits per heavy atom. The summed E-state index contributed by atoms with van der Waals surface area (Å²) in [7, 11) is 0. The van der Waals surface area contributed by atoms with Crippen LogP contribution in [0.4, 0.5) is 5.69 Å². The van der Waals surface area contributed by atoms with E-state index in [9.17, 15) is 0 Å². The fraction of sp³-hybridized carbons (Fsp3) is 0.133. The van der Waals surface area contributed by atoms with Gasteiger partial charge in [0.15, 0.2) is 0 Å². The van der Waals surface area contributed by atoms with Crippen LogP contribution in [-0.4, -0.2) is 10.9 Å². The van der Waals surface area contributed by atoms with Crippen LogP contribution in [0.5, 0.6) is 0 Å². The first-order valence-electron chi connectivity index (χ1n) is 5.73. The van der Waals surface area contributed by atoms with Crippen molar-refractivity contribution in [3.63, 3.8) is 0 Å². The molecule has 0 unspecified atom stereocenters. The van der Waals surface area contributed by atoms with E-state index < -0.39 is 0 Å². The van der Waals surface area contributed by atoms with Gasteiger partial charge in [0, 0.05) is 10.6 Å². The van der Waals surface area contributed by atoms with Crippen LogP contribution < -0.4 is 0 Å². The van der Waals surface area contributed by atoms with Crippen molar-refractivity contribution in [1.29, 1.82) is 0 Å². The van der Waals surface area contributed by atoms with Gasteiger partial charge in [-0.05, 0) is 48.5 Å². The summed E-state index contributed by atoms with van der Waals surface area (Å²) in [5.74, 6) is 1.08. The lowest BCUT2D eigenvalue weighted by atomic mass is 10.2. The third kappa shape index (κ3) is 4.11. The minimum absolute atomic E-state index is 0.859. The molecule has 0 bridgehead atoms. The highest BCUT2D eigenvalue weighted by Crippen LogP contribution is 2.22. The topological polar surface area (TPSA) is 12.4 Å². The van der Waals surface area contributed by atoms with Crippen LogP contribution in [0.25, 0.3) is 0 Å². The Morgan fingerprint density at radius 1 is 1.00 bits per heavy atom. The molecule has 0 amide bonds. The molecule has 2 aromatic carbocycles. The molecule has 2 rings (SSSR count). The van der Waals surface area contributed by atoms with Crippen LogP contribution in [0.1, 0.15) is 5.56 Å². The highest BCUT2D eigenvalue weighted by atomic mass is 32.2. The summed E-state index contributed by atoms with van der Waals surface area (Å²) in [6, 6.07) is 18.6. The van der Waals surface area contributed by atoms with E-state index in [1.54, 1.807) is 0 Å². The maximum atomic E-state index is 4.57. The molecule has 18 heavy (non-hydrogen) atoms. The second-order valence-electron chi connectivity index (χ2n) is 3.78. The van der Waals surface area contributed by atoms with Gasteiger partial charge >= 0.3 is 0 Å². The molecule has 0 aromatic heterocycles. The molecule has 0 fully saturated rings. The van der Waals surface area contributed by atoms with Gasteiger partial charge in [0.25, 0.3) is 0 Å². The molecule has 0 spiro atoms. The van der Waals surface area contributed by atoms with Crippen LogP contribution in [0.2, 0.25) is 0 Å². The predicted octanol–water partition coefficient (Wildman–Crippen LogP) is 4.76. The summed E-state index contributed by atoms with van der Waals surface area (Å²) in [5.41, 5.74) is 2.24. The molecule has 0 radical (unpaired) electrons. The van der Waals surface area contributed by atoms with Gasteiger partial charge in [-0.25, -0.2) is 0 Å². The molecule has 2 aromatic rings. The SMILES string of the molecule is S=C=Nc1ccc(SCCc2ccccc2)cc1. The largest absolute Gasteiger partial charge is 0.195 e. The molecule has 0 aliphatic rings. The van der Waals surface area contributed by atoms with Crippen LogP contribution in [-0.2, 0) is 6.42 Å². The second kappa shape index (κ2) is 7.12. The van der Waals surface area contributed by atoms with Crippen molar-refractivity contribution in [3.8, 4) is 0 Å². The lowest BCUT2D eigenvalue weighted by Gasteiger charge is -2.02. The number of aliphatic imine (C=N–C) groups is 1. The van der Waals surface area contributed by atoms with Crippen LogP contribution in [0.3, 0.4) is 0 Å². The first kappa shape index (κ1) is 13.0. The molecule has 0 N–H and O–H groups in total. The average Bonchev–Trinajstić information content (AvgIpc) is 2.42. The van der Waals surface area contributed by atoms with E-state index in [1.165, 1.54) is 10.5 Å². The Hall–Kier alpha value is -1.41. The van der Waals surface area contributed by atoms with Crippen molar-refractivity contribution in [1.82, 2.24) is 0 Å². The molecule has 90 valence electrons. The summed E-state index contributed by atoms with van der Waals surface area (Å²) in [6.07, 6.45) is 1.09. The predicted molar refractivity (Wildman–Crippen MR) is 82.0 cm³/mol. The normalized spacial score (nSPS) is 9.78. The second-order valence-corrected chi connectivity index (χ2v) is 5.13. The third-order valence-electron chi connectivity index (χ3n) is 2.51. The van der Waals surface area contributed by atoms with E-state index in [1.807, 2.05) is 30.0 Å². The summed E-state index contributed by atoms with van der Waals surface area (Å²) >= 11 is 6.42. The molecule has 0 saturated carbocycles. The Balaban J connectivity index is 1.85. The number of hydrogen-bond donors (Lipinski definition) is 0. The standard InChI is InChI=1S/C15H13NS2/c17-12-16-14-6-8-15(9-7-14)18-11-10-13-4-2-1-3-5-13/h1-9H,10-11H2. The molecule has 0 atom stereocenters. The number of rotatable bonds is 5. The van der Waals surface area contributed by atoms with Gasteiger partial charge in [0.2, 0.25) is 0 Å². The van der Waals surface area contributed by atoms with Gasteiger partial charge in [0.1, 0.15) is 0 Å². The monoisotopic (exact) mass is 271 g/mol. The lowest BCUT2D eigenvalue weighted by molar-refractivity contribution is 1.15. The zero-order chi connectivity index (χ0) is 12.6. The molecular formula is C15H13NS2. The number of hydrogen-bond acceptors (Lipinski definition) is 3. The minimum atomic E-state index is 0.859. The van der Waals surface area contributed by atoms with Gasteiger partial charge in [-0.2, -0.15) is 4.99 Å². The first-order valence-corrected chi connectivity index (χ1v) is 7.12. The Labute approximate surface area is 117 Å². The summed E-state index contributed by atoms with van der Waals surface area (Å²) in [5, 5.41) is 2.37. The Kier molecular flexibility index (Phi) is 5.15. The van der Waals surface area contributed by atoms with E-state index in [0.29, 0.717) is 0 Å². The highest BCUT2D eigenvalue weighted by molar-refractivity contribution is 7.99. The summed E-state index contributed by atoms with van der Waals surface area (Å²) in [4.78, 5) is 5.19. The molecule has 0 aliphatic heterocycles. The van der Waals surface area contributed by atoms with Crippen molar-refractivity contribution >= 4 is 34.8 Å². The molecule has 1 nitrogen and oxygen atoms in total. The molecular weight excluding hydrogens is 258 g/mol. The van der Waals surface area contributed by atoms with Crippen LogP contribution in [0, 0.1) is 0 Å². The number of benzene rings is 2. The molecule has 3 heteroatoms. The van der Waals surface area contributed by atoms with E-state index in [-0.39, 0.29) is 0 Å². The third-order valence-corrected chi connectivity index (χ3v) is 3.62.